The fourth-order valence-corrected chi connectivity index (χ4v) is 2.02. The van der Waals surface area contributed by atoms with Gasteiger partial charge in [0.1, 0.15) is 24.4 Å². The first-order valence-corrected chi connectivity index (χ1v) is 6.21. The molecule has 1 aliphatic heterocycles. The van der Waals surface area contributed by atoms with Crippen LogP contribution in [0, 0.1) is 0 Å². The van der Waals surface area contributed by atoms with E-state index >= 15 is 0 Å². The molecule has 7 nitrogen and oxygen atoms in total. The molecule has 5 atom stereocenters. The lowest BCUT2D eigenvalue weighted by molar-refractivity contribution is -0.233. The highest BCUT2D eigenvalue weighted by molar-refractivity contribution is 5.94. The van der Waals surface area contributed by atoms with Crippen LogP contribution in [-0.2, 0) is 4.74 Å². The molecule has 0 aliphatic carbocycles. The monoisotopic (exact) mass is 283 g/mol. The van der Waals surface area contributed by atoms with E-state index in [4.69, 9.17) is 9.84 Å². The number of nitrogens with one attached hydrogen (secondary N) is 1. The van der Waals surface area contributed by atoms with Gasteiger partial charge in [0.05, 0.1) is 6.61 Å². The quantitative estimate of drug-likeness (QED) is 0.447. The number of ether oxygens (including phenoxy) is 1. The number of carbonyl (C=O) groups excluding carboxylic acids is 1. The van der Waals surface area contributed by atoms with Gasteiger partial charge in [0, 0.05) is 5.56 Å². The number of aliphatic hydroxyl groups is 4. The average molecular weight is 283 g/mol. The van der Waals surface area contributed by atoms with Crippen LogP contribution in [-0.4, -0.2) is 63.6 Å². The van der Waals surface area contributed by atoms with Gasteiger partial charge in [0.25, 0.3) is 5.91 Å². The Morgan fingerprint density at radius 1 is 1.10 bits per heavy atom. The molecule has 0 saturated carbocycles. The van der Waals surface area contributed by atoms with E-state index in [2.05, 4.69) is 5.32 Å². The first-order valence-electron chi connectivity index (χ1n) is 6.21. The lowest BCUT2D eigenvalue weighted by Crippen LogP contribution is -2.63. The molecule has 1 saturated heterocycles. The normalized spacial score (nSPS) is 33.7. The maximum absolute atomic E-state index is 11.9. The predicted molar refractivity (Wildman–Crippen MR) is 67.7 cm³/mol. The lowest BCUT2D eigenvalue weighted by Gasteiger charge is -2.40. The molecule has 7 heteroatoms. The van der Waals surface area contributed by atoms with Crippen molar-refractivity contribution in [1.29, 1.82) is 0 Å². The summed E-state index contributed by atoms with van der Waals surface area (Å²) in [5.41, 5.74) is 0.365. The maximum Gasteiger partial charge on any atom is 0.253 e. The lowest BCUT2D eigenvalue weighted by atomic mass is 9.98. The minimum absolute atomic E-state index is 0.365. The smallest absolute Gasteiger partial charge is 0.253 e. The van der Waals surface area contributed by atoms with Gasteiger partial charge in [-0.2, -0.15) is 0 Å². The van der Waals surface area contributed by atoms with Crippen LogP contribution in [0.25, 0.3) is 0 Å². The fourth-order valence-electron chi connectivity index (χ4n) is 2.02. The Balaban J connectivity index is 2.06. The van der Waals surface area contributed by atoms with Crippen LogP contribution in [0.3, 0.4) is 0 Å². The molecule has 20 heavy (non-hydrogen) atoms. The molecule has 1 aromatic carbocycles. The highest BCUT2D eigenvalue weighted by Crippen LogP contribution is 2.20. The zero-order valence-electron chi connectivity index (χ0n) is 10.6. The largest absolute Gasteiger partial charge is 0.394 e. The second-order valence-corrected chi connectivity index (χ2v) is 4.59. The van der Waals surface area contributed by atoms with Gasteiger partial charge in [-0.3, -0.25) is 4.79 Å². The van der Waals surface area contributed by atoms with E-state index in [-0.39, 0.29) is 0 Å². The van der Waals surface area contributed by atoms with Gasteiger partial charge in [0.2, 0.25) is 0 Å². The molecule has 0 radical (unpaired) electrons. The Morgan fingerprint density at radius 3 is 2.35 bits per heavy atom. The first kappa shape index (κ1) is 14.9. The summed E-state index contributed by atoms with van der Waals surface area (Å²) in [6, 6.07) is 8.29. The van der Waals surface area contributed by atoms with Gasteiger partial charge in [-0.05, 0) is 12.1 Å². The molecule has 1 aromatic rings. The molecule has 1 heterocycles. The molecule has 2 rings (SSSR count). The van der Waals surface area contributed by atoms with E-state index in [1.165, 1.54) is 0 Å². The van der Waals surface area contributed by atoms with Crippen LogP contribution in [0.1, 0.15) is 10.4 Å². The molecule has 1 aliphatic rings. The SMILES string of the molecule is O=C(N[C@H]1O[C@H](CO)[C@@H](O)[C@H](O)[C@H]1O)c1ccccc1. The van der Waals surface area contributed by atoms with Crippen molar-refractivity contribution in [3.8, 4) is 0 Å². The summed E-state index contributed by atoms with van der Waals surface area (Å²) in [4.78, 5) is 11.9. The molecule has 1 fully saturated rings. The summed E-state index contributed by atoms with van der Waals surface area (Å²) in [6.07, 6.45) is -6.70. The van der Waals surface area contributed by atoms with Gasteiger partial charge in [0.15, 0.2) is 6.23 Å². The Labute approximate surface area is 115 Å². The summed E-state index contributed by atoms with van der Waals surface area (Å²) < 4.78 is 5.18. The van der Waals surface area contributed by atoms with Crippen molar-refractivity contribution in [3.05, 3.63) is 35.9 Å². The number of amides is 1. The van der Waals surface area contributed by atoms with Crippen LogP contribution in [0.5, 0.6) is 0 Å². The Hall–Kier alpha value is -1.51. The summed E-state index contributed by atoms with van der Waals surface area (Å²) in [5.74, 6) is -0.491. The molecule has 0 spiro atoms. The van der Waals surface area contributed by atoms with Gasteiger partial charge in [-0.15, -0.1) is 0 Å². The third-order valence-corrected chi connectivity index (χ3v) is 3.20. The second-order valence-electron chi connectivity index (χ2n) is 4.59. The summed E-state index contributed by atoms with van der Waals surface area (Å²) >= 11 is 0. The Kier molecular flexibility index (Phi) is 4.69. The fraction of sp³-hybridized carbons (Fsp3) is 0.462. The van der Waals surface area contributed by atoms with Crippen molar-refractivity contribution in [2.24, 2.45) is 0 Å². The summed E-state index contributed by atoms with van der Waals surface area (Å²) in [5, 5.41) is 40.5. The minimum atomic E-state index is -1.51. The number of hydrogen-bond donors (Lipinski definition) is 5. The van der Waals surface area contributed by atoms with Gasteiger partial charge >= 0.3 is 0 Å². The van der Waals surface area contributed by atoms with Crippen LogP contribution < -0.4 is 5.32 Å². The zero-order valence-corrected chi connectivity index (χ0v) is 10.6. The van der Waals surface area contributed by atoms with E-state index in [0.717, 1.165) is 0 Å². The maximum atomic E-state index is 11.9. The number of carbonyl (C=O) groups is 1. The topological polar surface area (TPSA) is 119 Å². The van der Waals surface area contributed by atoms with Gasteiger partial charge in [-0.25, -0.2) is 0 Å². The van der Waals surface area contributed by atoms with E-state index in [1.54, 1.807) is 30.3 Å². The van der Waals surface area contributed by atoms with Crippen LogP contribution >= 0.6 is 0 Å². The van der Waals surface area contributed by atoms with Crippen molar-refractivity contribution in [2.75, 3.05) is 6.61 Å². The molecule has 5 N–H and O–H groups in total. The van der Waals surface area contributed by atoms with Crippen LogP contribution in [0.2, 0.25) is 0 Å². The number of aliphatic hydroxyl groups excluding tert-OH is 4. The Bertz CT molecular complexity index is 451. The first-order chi connectivity index (χ1) is 9.54. The van der Waals surface area contributed by atoms with Gasteiger partial charge < -0.3 is 30.5 Å². The molecule has 0 bridgehead atoms. The number of benzene rings is 1. The van der Waals surface area contributed by atoms with E-state index in [1.807, 2.05) is 0 Å². The van der Waals surface area contributed by atoms with E-state index < -0.39 is 43.2 Å². The summed E-state index contributed by atoms with van der Waals surface area (Å²) in [7, 11) is 0. The highest BCUT2D eigenvalue weighted by Gasteiger charge is 2.43. The molecule has 1 amide bonds. The standard InChI is InChI=1S/C13H17NO6/c15-6-8-9(16)10(17)11(18)13(20-8)14-12(19)7-4-2-1-3-5-7/h1-5,8-11,13,15-18H,6H2,(H,14,19)/t8-,9-,10+,11-,13+/m1/s1. The predicted octanol–water partition coefficient (Wildman–Crippen LogP) is -1.78. The molecule has 0 unspecified atom stereocenters. The average Bonchev–Trinajstić information content (AvgIpc) is 2.48. The van der Waals surface area contributed by atoms with E-state index in [0.29, 0.717) is 5.56 Å². The van der Waals surface area contributed by atoms with Crippen LogP contribution in [0.15, 0.2) is 30.3 Å². The molecule has 110 valence electrons. The molecule has 0 aromatic heterocycles. The van der Waals surface area contributed by atoms with Crippen molar-refractivity contribution in [2.45, 2.75) is 30.6 Å². The van der Waals surface area contributed by atoms with Crippen molar-refractivity contribution < 1.29 is 30.0 Å². The van der Waals surface area contributed by atoms with Crippen molar-refractivity contribution in [1.82, 2.24) is 5.32 Å². The van der Waals surface area contributed by atoms with Gasteiger partial charge in [-0.1, -0.05) is 18.2 Å². The summed E-state index contributed by atoms with van der Waals surface area (Å²) in [6.45, 7) is -0.539. The zero-order chi connectivity index (χ0) is 14.7. The molecular formula is C13H17NO6. The van der Waals surface area contributed by atoms with Crippen molar-refractivity contribution >= 4 is 5.91 Å². The highest BCUT2D eigenvalue weighted by atomic mass is 16.6. The van der Waals surface area contributed by atoms with E-state index in [9.17, 15) is 20.1 Å². The Morgan fingerprint density at radius 2 is 1.75 bits per heavy atom. The van der Waals surface area contributed by atoms with Crippen LogP contribution in [0.4, 0.5) is 0 Å². The minimum Gasteiger partial charge on any atom is -0.394 e. The van der Waals surface area contributed by atoms with Crippen molar-refractivity contribution in [3.63, 3.8) is 0 Å². The third kappa shape index (κ3) is 2.97. The third-order valence-electron chi connectivity index (χ3n) is 3.20. The number of hydrogen-bond acceptors (Lipinski definition) is 6. The second kappa shape index (κ2) is 6.29. The number of rotatable bonds is 3. The molecular weight excluding hydrogens is 266 g/mol.